The molecule has 1 aliphatic heterocycles. The van der Waals surface area contributed by atoms with Crippen molar-refractivity contribution < 1.29 is 29.6 Å². The van der Waals surface area contributed by atoms with Crippen LogP contribution in [0.2, 0.25) is 0 Å². The van der Waals surface area contributed by atoms with E-state index < -0.39 is 36.6 Å². The van der Waals surface area contributed by atoms with E-state index in [0.717, 1.165) is 5.56 Å². The Morgan fingerprint density at radius 1 is 1.23 bits per heavy atom. The predicted molar refractivity (Wildman–Crippen MR) is 76.6 cm³/mol. The van der Waals surface area contributed by atoms with Gasteiger partial charge in [0.25, 0.3) is 0 Å². The van der Waals surface area contributed by atoms with Crippen LogP contribution in [0.3, 0.4) is 0 Å². The predicted octanol–water partition coefficient (Wildman–Crippen LogP) is -0.853. The molecular formula is C15H21NO6. The molecule has 4 N–H and O–H groups in total. The molecule has 0 aromatic heterocycles. The van der Waals surface area contributed by atoms with Crippen molar-refractivity contribution in [2.24, 2.45) is 0 Å². The highest BCUT2D eigenvalue weighted by Crippen LogP contribution is 2.20. The first-order chi connectivity index (χ1) is 10.5. The lowest BCUT2D eigenvalue weighted by Crippen LogP contribution is -2.64. The van der Waals surface area contributed by atoms with Gasteiger partial charge in [0.05, 0.1) is 13.2 Å². The Kier molecular flexibility index (Phi) is 5.87. The van der Waals surface area contributed by atoms with Crippen molar-refractivity contribution in [3.63, 3.8) is 0 Å². The van der Waals surface area contributed by atoms with Gasteiger partial charge in [-0.25, -0.2) is 0 Å². The fraction of sp³-hybridized carbons (Fsp3) is 0.533. The first-order valence-electron chi connectivity index (χ1n) is 7.07. The van der Waals surface area contributed by atoms with Crippen LogP contribution in [0.1, 0.15) is 12.5 Å². The molecule has 0 unspecified atom stereocenters. The van der Waals surface area contributed by atoms with Crippen molar-refractivity contribution in [3.05, 3.63) is 35.9 Å². The Morgan fingerprint density at radius 2 is 1.91 bits per heavy atom. The van der Waals surface area contributed by atoms with Gasteiger partial charge in [-0.15, -0.1) is 0 Å². The van der Waals surface area contributed by atoms with E-state index in [1.54, 1.807) is 0 Å². The molecule has 0 radical (unpaired) electrons. The topological polar surface area (TPSA) is 108 Å². The van der Waals surface area contributed by atoms with E-state index in [0.29, 0.717) is 6.61 Å². The Hall–Kier alpha value is -1.51. The van der Waals surface area contributed by atoms with Crippen LogP contribution in [0.25, 0.3) is 0 Å². The first-order valence-corrected chi connectivity index (χ1v) is 7.07. The van der Waals surface area contributed by atoms with Gasteiger partial charge in [0.1, 0.15) is 24.4 Å². The fourth-order valence-corrected chi connectivity index (χ4v) is 2.34. The highest BCUT2D eigenvalue weighted by Gasteiger charge is 2.44. The molecule has 5 atom stereocenters. The number of nitrogens with one attached hydrogen (secondary N) is 1. The zero-order valence-corrected chi connectivity index (χ0v) is 12.3. The van der Waals surface area contributed by atoms with Crippen LogP contribution in [0.15, 0.2) is 30.3 Å². The number of ether oxygens (including phenoxy) is 2. The van der Waals surface area contributed by atoms with Crippen LogP contribution < -0.4 is 5.32 Å². The number of benzene rings is 1. The van der Waals surface area contributed by atoms with E-state index in [-0.39, 0.29) is 6.61 Å². The van der Waals surface area contributed by atoms with Crippen LogP contribution in [-0.4, -0.2) is 58.5 Å². The molecule has 1 aromatic carbocycles. The lowest BCUT2D eigenvalue weighted by Gasteiger charge is -2.40. The summed E-state index contributed by atoms with van der Waals surface area (Å²) in [6.45, 7) is 1.59. The van der Waals surface area contributed by atoms with Gasteiger partial charge < -0.3 is 30.1 Å². The Labute approximate surface area is 128 Å². The molecule has 22 heavy (non-hydrogen) atoms. The lowest BCUT2D eigenvalue weighted by atomic mass is 9.97. The van der Waals surface area contributed by atoms with Crippen LogP contribution in [0.5, 0.6) is 0 Å². The van der Waals surface area contributed by atoms with Gasteiger partial charge in [0.2, 0.25) is 5.91 Å². The summed E-state index contributed by atoms with van der Waals surface area (Å²) in [4.78, 5) is 11.0. The van der Waals surface area contributed by atoms with E-state index in [2.05, 4.69) is 5.32 Å². The number of hydrogen-bond donors (Lipinski definition) is 4. The Morgan fingerprint density at radius 3 is 2.55 bits per heavy atom. The van der Waals surface area contributed by atoms with Crippen LogP contribution in [-0.2, 0) is 20.9 Å². The number of amides is 1. The van der Waals surface area contributed by atoms with Gasteiger partial charge in [0, 0.05) is 6.92 Å². The smallest absolute Gasteiger partial charge is 0.217 e. The van der Waals surface area contributed by atoms with Crippen LogP contribution >= 0.6 is 0 Å². The Balaban J connectivity index is 1.86. The van der Waals surface area contributed by atoms with Crippen molar-refractivity contribution in [1.29, 1.82) is 0 Å². The average Bonchev–Trinajstić information content (AvgIpc) is 2.49. The molecule has 1 aromatic rings. The Bertz CT molecular complexity index is 482. The van der Waals surface area contributed by atoms with Crippen molar-refractivity contribution >= 4 is 5.91 Å². The third kappa shape index (κ3) is 4.25. The van der Waals surface area contributed by atoms with Gasteiger partial charge in [0.15, 0.2) is 6.29 Å². The number of rotatable bonds is 5. The molecule has 1 saturated heterocycles. The van der Waals surface area contributed by atoms with E-state index in [4.69, 9.17) is 9.47 Å². The van der Waals surface area contributed by atoms with E-state index in [1.807, 2.05) is 30.3 Å². The van der Waals surface area contributed by atoms with E-state index in [9.17, 15) is 20.1 Å². The summed E-state index contributed by atoms with van der Waals surface area (Å²) >= 11 is 0. The highest BCUT2D eigenvalue weighted by molar-refractivity contribution is 5.73. The van der Waals surface area contributed by atoms with Crippen LogP contribution in [0.4, 0.5) is 0 Å². The third-order valence-corrected chi connectivity index (χ3v) is 3.48. The summed E-state index contributed by atoms with van der Waals surface area (Å²) in [6, 6.07) is 8.39. The maximum Gasteiger partial charge on any atom is 0.217 e. The van der Waals surface area contributed by atoms with Crippen molar-refractivity contribution in [1.82, 2.24) is 5.32 Å². The molecule has 122 valence electrons. The minimum Gasteiger partial charge on any atom is -0.388 e. The normalized spacial score (nSPS) is 31.7. The zero-order valence-electron chi connectivity index (χ0n) is 12.3. The molecule has 7 nitrogen and oxygen atoms in total. The molecule has 1 amide bonds. The SMILES string of the molecule is CC(=O)N[C@H]1[C@@H](O)[C@@H](O)[C@@H](COCc2ccccc2)O[C@@H]1O. The summed E-state index contributed by atoms with van der Waals surface area (Å²) in [5.74, 6) is -0.433. The van der Waals surface area contributed by atoms with Gasteiger partial charge >= 0.3 is 0 Å². The minimum absolute atomic E-state index is 0.0109. The molecule has 0 bridgehead atoms. The quantitative estimate of drug-likeness (QED) is 0.564. The molecule has 1 aliphatic rings. The largest absolute Gasteiger partial charge is 0.388 e. The first kappa shape index (κ1) is 16.9. The maximum atomic E-state index is 11.0. The maximum absolute atomic E-state index is 11.0. The molecule has 1 heterocycles. The summed E-state index contributed by atoms with van der Waals surface area (Å²) in [5, 5.41) is 32.2. The van der Waals surface area contributed by atoms with Crippen LogP contribution in [0, 0.1) is 0 Å². The van der Waals surface area contributed by atoms with Gasteiger partial charge in [-0.3, -0.25) is 4.79 Å². The summed E-state index contributed by atoms with van der Waals surface area (Å²) in [5.41, 5.74) is 0.963. The summed E-state index contributed by atoms with van der Waals surface area (Å²) in [7, 11) is 0. The lowest BCUT2D eigenvalue weighted by molar-refractivity contribution is -0.257. The van der Waals surface area contributed by atoms with Gasteiger partial charge in [-0.2, -0.15) is 0 Å². The van der Waals surface area contributed by atoms with Crippen molar-refractivity contribution in [3.8, 4) is 0 Å². The van der Waals surface area contributed by atoms with E-state index >= 15 is 0 Å². The number of hydrogen-bond acceptors (Lipinski definition) is 6. The molecular weight excluding hydrogens is 290 g/mol. The molecule has 0 saturated carbocycles. The van der Waals surface area contributed by atoms with Gasteiger partial charge in [-0.1, -0.05) is 30.3 Å². The number of aliphatic hydroxyl groups is 3. The van der Waals surface area contributed by atoms with Crippen molar-refractivity contribution in [2.75, 3.05) is 6.61 Å². The molecule has 1 fully saturated rings. The molecule has 0 spiro atoms. The molecule has 2 rings (SSSR count). The second kappa shape index (κ2) is 7.66. The number of aliphatic hydroxyl groups excluding tert-OH is 3. The minimum atomic E-state index is -1.41. The summed E-state index contributed by atoms with van der Waals surface area (Å²) in [6.07, 6.45) is -4.89. The van der Waals surface area contributed by atoms with E-state index in [1.165, 1.54) is 6.92 Å². The number of carbonyl (C=O) groups excluding carboxylic acids is 1. The standard InChI is InChI=1S/C15H21NO6/c1-9(17)16-12-14(19)13(18)11(22-15(12)20)8-21-7-10-5-3-2-4-6-10/h2-6,11-15,18-20H,7-8H2,1H3,(H,16,17)/t11-,12+,13+,14-,15+/m1/s1. The fourth-order valence-electron chi connectivity index (χ4n) is 2.34. The number of carbonyl (C=O) groups is 1. The molecule has 7 heteroatoms. The molecule has 0 aliphatic carbocycles. The third-order valence-electron chi connectivity index (χ3n) is 3.48. The van der Waals surface area contributed by atoms with Gasteiger partial charge in [-0.05, 0) is 5.56 Å². The highest BCUT2D eigenvalue weighted by atomic mass is 16.6. The monoisotopic (exact) mass is 311 g/mol. The summed E-state index contributed by atoms with van der Waals surface area (Å²) < 4.78 is 10.7. The average molecular weight is 311 g/mol. The van der Waals surface area contributed by atoms with Crippen molar-refractivity contribution in [2.45, 2.75) is 44.2 Å². The second-order valence-electron chi connectivity index (χ2n) is 5.27. The zero-order chi connectivity index (χ0) is 16.1. The second-order valence-corrected chi connectivity index (χ2v) is 5.27.